The van der Waals surface area contributed by atoms with Crippen molar-refractivity contribution in [1.29, 1.82) is 0 Å². The number of hydrogen-bond donors (Lipinski definition) is 2. The summed E-state index contributed by atoms with van der Waals surface area (Å²) in [7, 11) is -7.77. The van der Waals surface area contributed by atoms with E-state index in [0.717, 1.165) is 11.1 Å². The van der Waals surface area contributed by atoms with Crippen molar-refractivity contribution in [2.75, 3.05) is 45.9 Å². The van der Waals surface area contributed by atoms with Crippen molar-refractivity contribution in [2.24, 2.45) is 0 Å². The van der Waals surface area contributed by atoms with Crippen LogP contribution in [0.5, 0.6) is 17.2 Å². The number of hydrogen-bond acceptors (Lipinski definition) is 15. The Balaban J connectivity index is 1.44. The van der Waals surface area contributed by atoms with Gasteiger partial charge in [0, 0.05) is 38.9 Å². The molecule has 19 nitrogen and oxygen atoms in total. The molecule has 74 heavy (non-hydrogen) atoms. The third kappa shape index (κ3) is 13.3. The molecule has 1 aliphatic rings. The lowest BCUT2D eigenvalue weighted by Crippen LogP contribution is -2.51. The van der Waals surface area contributed by atoms with Gasteiger partial charge in [0.15, 0.2) is 8.32 Å². The maximum Gasteiger partial charge on any atom is 0.407 e. The minimum Gasteiger partial charge on any atom is -0.497 e. The van der Waals surface area contributed by atoms with Gasteiger partial charge in [-0.3, -0.25) is 0 Å². The van der Waals surface area contributed by atoms with Gasteiger partial charge in [0.25, 0.3) is 0 Å². The summed E-state index contributed by atoms with van der Waals surface area (Å²) in [5, 5.41) is 16.1. The Bertz CT molecular complexity index is 3080. The topological polar surface area (TPSA) is 219 Å². The second-order valence-electron chi connectivity index (χ2n) is 20.4. The molecule has 0 bridgehead atoms. The Hall–Kier alpha value is -6.43. The van der Waals surface area contributed by atoms with Gasteiger partial charge in [0.1, 0.15) is 38.5 Å². The molecular formula is C52H67N9O10S2Si. The van der Waals surface area contributed by atoms with Gasteiger partial charge < -0.3 is 33.6 Å². The SMILES string of the molecule is COc1ccc(CN(Cc2ccc(OC)cc2)S(=O)(=O)c2c(S(=O)(=O)NC[C@@H](CNC(=O)OC(C)(C)C)O[Si](C)(C)C(C)(C)C)ccc(N3CCc4cccnc43)c2-c2nnn(Cc3ccc(OC)cc3)n2)cc1. The first-order chi connectivity index (χ1) is 34.9. The molecule has 2 N–H and O–H groups in total. The molecule has 0 radical (unpaired) electrons. The number of anilines is 2. The second kappa shape index (κ2) is 22.6. The first kappa shape index (κ1) is 55.3. The molecule has 0 saturated heterocycles. The standard InChI is InChI=1S/C52H67N9O10S2Si/c1-51(2,3)70-50(62)54-31-43(71-74(10,11)52(4,5)6)32-55-72(63,64)45-27-26-44(60-30-28-39-13-12-29-53-49(39)60)46(48-56-58-61(57-48)35-38-18-24-42(69-9)25-19-38)47(45)73(65,66)59(33-36-14-20-40(67-7)21-15-36)34-37-16-22-41(68-8)23-17-37/h12-27,29,43,55H,28,30-35H2,1-11H3,(H,54,62)/t43-/m1/s1. The first-order valence-corrected chi connectivity index (χ1v) is 29.9. The summed E-state index contributed by atoms with van der Waals surface area (Å²) in [5.41, 5.74) is 2.26. The van der Waals surface area contributed by atoms with Gasteiger partial charge in [0.2, 0.25) is 25.9 Å². The summed E-state index contributed by atoms with van der Waals surface area (Å²) in [6, 6.07) is 27.8. The summed E-state index contributed by atoms with van der Waals surface area (Å²) in [6.45, 7) is 15.0. The molecule has 1 amide bonds. The lowest BCUT2D eigenvalue weighted by molar-refractivity contribution is 0.0498. The monoisotopic (exact) mass is 1070 g/mol. The van der Waals surface area contributed by atoms with E-state index in [0.29, 0.717) is 52.8 Å². The van der Waals surface area contributed by atoms with Crippen LogP contribution in [0.15, 0.2) is 113 Å². The highest BCUT2D eigenvalue weighted by atomic mass is 32.2. The van der Waals surface area contributed by atoms with Gasteiger partial charge in [-0.2, -0.15) is 9.10 Å². The molecule has 1 aliphatic heterocycles. The molecule has 2 aromatic heterocycles. The number of rotatable bonds is 21. The average Bonchev–Trinajstić information content (AvgIpc) is 4.01. The number of ether oxygens (including phenoxy) is 4. The minimum absolute atomic E-state index is 0.109. The lowest BCUT2D eigenvalue weighted by atomic mass is 10.1. The van der Waals surface area contributed by atoms with E-state index in [1.165, 1.54) is 29.4 Å². The zero-order chi connectivity index (χ0) is 53.6. The van der Waals surface area contributed by atoms with E-state index in [1.54, 1.807) is 101 Å². The number of alkyl carbamates (subject to hydrolysis) is 1. The fraction of sp³-hybridized carbons (Fsp3) is 0.404. The number of methoxy groups -OCH3 is 3. The van der Waals surface area contributed by atoms with Crippen LogP contribution < -0.4 is 29.1 Å². The molecule has 3 heterocycles. The van der Waals surface area contributed by atoms with Crippen LogP contribution in [0.4, 0.5) is 16.3 Å². The molecule has 7 rings (SSSR count). The van der Waals surface area contributed by atoms with Crippen LogP contribution in [0, 0.1) is 0 Å². The number of nitrogens with zero attached hydrogens (tertiary/aromatic N) is 7. The van der Waals surface area contributed by atoms with Crippen molar-refractivity contribution >= 4 is 46.0 Å². The van der Waals surface area contributed by atoms with Crippen LogP contribution in [0.3, 0.4) is 0 Å². The quantitative estimate of drug-likeness (QED) is 0.0651. The van der Waals surface area contributed by atoms with Crippen molar-refractivity contribution in [1.82, 2.24) is 39.5 Å². The maximum absolute atomic E-state index is 16.3. The van der Waals surface area contributed by atoms with Crippen molar-refractivity contribution in [2.45, 2.75) is 107 Å². The summed E-state index contributed by atoms with van der Waals surface area (Å²) < 4.78 is 95.8. The third-order valence-corrected chi connectivity index (χ3v) is 20.9. The van der Waals surface area contributed by atoms with Gasteiger partial charge in [-0.1, -0.05) is 63.2 Å². The van der Waals surface area contributed by atoms with Crippen LogP contribution >= 0.6 is 0 Å². The van der Waals surface area contributed by atoms with E-state index >= 15 is 16.8 Å². The summed E-state index contributed by atoms with van der Waals surface area (Å²) >= 11 is 0. The predicted molar refractivity (Wildman–Crippen MR) is 284 cm³/mol. The summed E-state index contributed by atoms with van der Waals surface area (Å²) in [6.07, 6.45) is 0.589. The number of nitrogens with one attached hydrogen (secondary N) is 2. The highest BCUT2D eigenvalue weighted by Gasteiger charge is 2.42. The Labute approximate surface area is 435 Å². The molecule has 0 spiro atoms. The average molecular weight is 1070 g/mol. The number of tetrazole rings is 1. The normalized spacial score (nSPS) is 13.6. The Morgan fingerprint density at radius 3 is 1.88 bits per heavy atom. The molecule has 0 unspecified atom stereocenters. The summed E-state index contributed by atoms with van der Waals surface area (Å²) in [4.78, 5) is 19.7. The third-order valence-electron chi connectivity index (χ3n) is 12.8. The molecule has 22 heteroatoms. The van der Waals surface area contributed by atoms with Crippen molar-refractivity contribution in [3.05, 3.63) is 126 Å². The minimum atomic E-state index is -4.96. The molecular weight excluding hydrogens is 1000 g/mol. The van der Waals surface area contributed by atoms with E-state index in [9.17, 15) is 4.79 Å². The number of aromatic nitrogens is 5. The van der Waals surface area contributed by atoms with E-state index in [2.05, 4.69) is 20.4 Å². The zero-order valence-electron chi connectivity index (χ0n) is 43.9. The largest absolute Gasteiger partial charge is 0.497 e. The molecule has 1 atom stereocenters. The van der Waals surface area contributed by atoms with Crippen molar-refractivity contribution in [3.8, 4) is 28.6 Å². The maximum atomic E-state index is 16.3. The van der Waals surface area contributed by atoms with Crippen LogP contribution in [-0.4, -0.2) is 113 Å². The van der Waals surface area contributed by atoms with Gasteiger partial charge >= 0.3 is 6.09 Å². The number of carbonyl (C=O) groups excluding carboxylic acids is 1. The van der Waals surface area contributed by atoms with Gasteiger partial charge in [-0.25, -0.2) is 31.3 Å². The van der Waals surface area contributed by atoms with Gasteiger partial charge in [-0.05, 0) is 127 Å². The summed E-state index contributed by atoms with van der Waals surface area (Å²) in [5.74, 6) is 2.19. The van der Waals surface area contributed by atoms with Crippen molar-refractivity contribution < 1.29 is 45.0 Å². The molecule has 6 aromatic rings. The number of carbonyl (C=O) groups is 1. The molecule has 0 fully saturated rings. The predicted octanol–water partition coefficient (Wildman–Crippen LogP) is 8.09. The van der Waals surface area contributed by atoms with Crippen LogP contribution in [-0.2, 0) is 55.3 Å². The molecule has 0 saturated carbocycles. The van der Waals surface area contributed by atoms with Gasteiger partial charge in [0.05, 0.1) is 45.2 Å². The van der Waals surface area contributed by atoms with Crippen LogP contribution in [0.2, 0.25) is 18.1 Å². The lowest BCUT2D eigenvalue weighted by Gasteiger charge is -2.39. The molecule has 0 aliphatic carbocycles. The molecule has 4 aromatic carbocycles. The number of pyridine rings is 1. The van der Waals surface area contributed by atoms with Gasteiger partial charge in [-0.15, -0.1) is 10.2 Å². The molecule has 396 valence electrons. The number of fused-ring (bicyclic) bond motifs is 1. The highest BCUT2D eigenvalue weighted by Crippen LogP contribution is 2.45. The van der Waals surface area contributed by atoms with E-state index in [-0.39, 0.29) is 49.1 Å². The number of benzene rings is 4. The number of amides is 1. The highest BCUT2D eigenvalue weighted by molar-refractivity contribution is 7.92. The van der Waals surface area contributed by atoms with Crippen LogP contribution in [0.1, 0.15) is 63.8 Å². The van der Waals surface area contributed by atoms with Crippen molar-refractivity contribution in [3.63, 3.8) is 0 Å². The Morgan fingerprint density at radius 1 is 0.770 bits per heavy atom. The zero-order valence-corrected chi connectivity index (χ0v) is 46.5. The fourth-order valence-corrected chi connectivity index (χ4v) is 12.8. The first-order valence-electron chi connectivity index (χ1n) is 24.1. The van der Waals surface area contributed by atoms with E-state index < -0.39 is 56.0 Å². The van der Waals surface area contributed by atoms with E-state index in [1.807, 2.05) is 63.0 Å². The number of sulfonamides is 2. The Morgan fingerprint density at radius 2 is 1.34 bits per heavy atom. The fourth-order valence-electron chi connectivity index (χ4n) is 7.97. The van der Waals surface area contributed by atoms with E-state index in [4.69, 9.17) is 33.5 Å². The smallest absolute Gasteiger partial charge is 0.407 e. The Kier molecular flexibility index (Phi) is 16.9. The van der Waals surface area contributed by atoms with Crippen LogP contribution in [0.25, 0.3) is 11.4 Å². The second-order valence-corrected chi connectivity index (χ2v) is 28.7.